The number of hydrogen-bond acceptors (Lipinski definition) is 4. The molecule has 3 N–H and O–H groups in total. The number of anilines is 1. The molecule has 1 heterocycles. The summed E-state index contributed by atoms with van der Waals surface area (Å²) < 4.78 is 7.12. The molecule has 0 bridgehead atoms. The summed E-state index contributed by atoms with van der Waals surface area (Å²) in [6.07, 6.45) is 3.96. The Morgan fingerprint density at radius 2 is 1.96 bits per heavy atom. The van der Waals surface area contributed by atoms with E-state index in [2.05, 4.69) is 10.3 Å². The fraction of sp³-hybridized carbons (Fsp3) is 0.238. The Morgan fingerprint density at radius 3 is 2.67 bits per heavy atom. The molecule has 3 aromatic rings. The molecule has 2 aromatic carbocycles. The number of rotatable bonds is 7. The SMILES string of the molecule is COc1ccc(CNC(=O)CC(C)n2ccnc2-c2ccccc2N)cc1. The lowest BCUT2D eigenvalue weighted by molar-refractivity contribution is -0.121. The van der Waals surface area contributed by atoms with Crippen LogP contribution in [0.15, 0.2) is 60.9 Å². The molecule has 0 aliphatic carbocycles. The molecule has 0 saturated carbocycles. The highest BCUT2D eigenvalue weighted by molar-refractivity contribution is 5.77. The molecule has 0 aliphatic heterocycles. The van der Waals surface area contributed by atoms with Gasteiger partial charge in [-0.1, -0.05) is 24.3 Å². The van der Waals surface area contributed by atoms with Crippen LogP contribution in [0.4, 0.5) is 5.69 Å². The summed E-state index contributed by atoms with van der Waals surface area (Å²) in [6.45, 7) is 2.48. The first-order valence-electron chi connectivity index (χ1n) is 8.86. The average molecular weight is 364 g/mol. The van der Waals surface area contributed by atoms with Crippen molar-refractivity contribution in [3.63, 3.8) is 0 Å². The monoisotopic (exact) mass is 364 g/mol. The number of amides is 1. The topological polar surface area (TPSA) is 82.2 Å². The molecule has 1 amide bonds. The minimum absolute atomic E-state index is 0.0148. The van der Waals surface area contributed by atoms with Crippen molar-refractivity contribution in [1.29, 1.82) is 0 Å². The van der Waals surface area contributed by atoms with Crippen LogP contribution >= 0.6 is 0 Å². The molecule has 0 radical (unpaired) electrons. The van der Waals surface area contributed by atoms with E-state index in [1.165, 1.54) is 0 Å². The van der Waals surface area contributed by atoms with Crippen molar-refractivity contribution in [2.24, 2.45) is 0 Å². The number of para-hydroxylation sites is 1. The summed E-state index contributed by atoms with van der Waals surface area (Å²) in [4.78, 5) is 16.8. The molecule has 1 atom stereocenters. The van der Waals surface area contributed by atoms with Crippen molar-refractivity contribution >= 4 is 11.6 Å². The fourth-order valence-electron chi connectivity index (χ4n) is 2.96. The summed E-state index contributed by atoms with van der Waals surface area (Å²) in [5.41, 5.74) is 8.63. The number of carbonyl (C=O) groups excluding carboxylic acids is 1. The second-order valence-electron chi connectivity index (χ2n) is 6.42. The van der Waals surface area contributed by atoms with E-state index in [1.807, 2.05) is 66.2 Å². The summed E-state index contributed by atoms with van der Waals surface area (Å²) in [5.74, 6) is 1.55. The minimum atomic E-state index is -0.0435. The van der Waals surface area contributed by atoms with Crippen LogP contribution in [0.3, 0.4) is 0 Å². The van der Waals surface area contributed by atoms with Gasteiger partial charge < -0.3 is 20.4 Å². The molecule has 27 heavy (non-hydrogen) atoms. The lowest BCUT2D eigenvalue weighted by Crippen LogP contribution is -2.25. The van der Waals surface area contributed by atoms with Gasteiger partial charge in [-0.3, -0.25) is 4.79 Å². The second kappa shape index (κ2) is 8.40. The van der Waals surface area contributed by atoms with Crippen LogP contribution in [0.1, 0.15) is 24.9 Å². The maximum atomic E-state index is 12.4. The Bertz CT molecular complexity index is 903. The number of nitrogen functional groups attached to an aromatic ring is 1. The van der Waals surface area contributed by atoms with Gasteiger partial charge in [0.2, 0.25) is 5.91 Å². The summed E-state index contributed by atoms with van der Waals surface area (Å²) in [5, 5.41) is 2.96. The van der Waals surface area contributed by atoms with Gasteiger partial charge in [-0.05, 0) is 36.8 Å². The van der Waals surface area contributed by atoms with Crippen molar-refractivity contribution in [3.05, 3.63) is 66.5 Å². The number of benzene rings is 2. The van der Waals surface area contributed by atoms with Crippen LogP contribution in [-0.4, -0.2) is 22.6 Å². The molecule has 0 spiro atoms. The normalized spacial score (nSPS) is 11.8. The number of ether oxygens (including phenoxy) is 1. The Morgan fingerprint density at radius 1 is 1.22 bits per heavy atom. The predicted molar refractivity (Wildman–Crippen MR) is 106 cm³/mol. The van der Waals surface area contributed by atoms with E-state index >= 15 is 0 Å². The van der Waals surface area contributed by atoms with Crippen LogP contribution in [0.5, 0.6) is 5.75 Å². The zero-order valence-electron chi connectivity index (χ0n) is 15.6. The number of imidazole rings is 1. The number of nitrogens with one attached hydrogen (secondary N) is 1. The van der Waals surface area contributed by atoms with Crippen molar-refractivity contribution in [3.8, 4) is 17.1 Å². The van der Waals surface area contributed by atoms with Gasteiger partial charge in [0, 0.05) is 42.7 Å². The molecule has 1 unspecified atom stereocenters. The van der Waals surface area contributed by atoms with Gasteiger partial charge in [0.1, 0.15) is 11.6 Å². The lowest BCUT2D eigenvalue weighted by Gasteiger charge is -2.17. The van der Waals surface area contributed by atoms with Crippen LogP contribution in [-0.2, 0) is 11.3 Å². The summed E-state index contributed by atoms with van der Waals surface area (Å²) in [6, 6.07) is 15.2. The van der Waals surface area contributed by atoms with Gasteiger partial charge in [-0.2, -0.15) is 0 Å². The average Bonchev–Trinajstić information content (AvgIpc) is 3.17. The fourth-order valence-corrected chi connectivity index (χ4v) is 2.96. The standard InChI is InChI=1S/C21H24N4O2/c1-15(13-20(26)24-14-16-7-9-17(27-2)10-8-16)25-12-11-23-21(25)18-5-3-4-6-19(18)22/h3-12,15H,13-14,22H2,1-2H3,(H,24,26). The van der Waals surface area contributed by atoms with Gasteiger partial charge in [0.15, 0.2) is 0 Å². The first kappa shape index (κ1) is 18.5. The van der Waals surface area contributed by atoms with Crippen LogP contribution in [0.2, 0.25) is 0 Å². The maximum Gasteiger partial charge on any atom is 0.222 e. The van der Waals surface area contributed by atoms with Crippen molar-refractivity contribution in [2.45, 2.75) is 25.9 Å². The Balaban J connectivity index is 1.62. The van der Waals surface area contributed by atoms with E-state index in [1.54, 1.807) is 13.3 Å². The number of nitrogens with two attached hydrogens (primary N) is 1. The number of methoxy groups -OCH3 is 1. The minimum Gasteiger partial charge on any atom is -0.497 e. The van der Waals surface area contributed by atoms with E-state index in [0.717, 1.165) is 22.7 Å². The smallest absolute Gasteiger partial charge is 0.222 e. The van der Waals surface area contributed by atoms with E-state index in [9.17, 15) is 4.79 Å². The second-order valence-corrected chi connectivity index (χ2v) is 6.42. The Labute approximate surface area is 159 Å². The molecule has 0 aliphatic rings. The zero-order chi connectivity index (χ0) is 19.2. The van der Waals surface area contributed by atoms with Crippen molar-refractivity contribution < 1.29 is 9.53 Å². The van der Waals surface area contributed by atoms with E-state index in [4.69, 9.17) is 10.5 Å². The highest BCUT2D eigenvalue weighted by Crippen LogP contribution is 2.27. The van der Waals surface area contributed by atoms with E-state index in [-0.39, 0.29) is 11.9 Å². The van der Waals surface area contributed by atoms with Crippen molar-refractivity contribution in [1.82, 2.24) is 14.9 Å². The molecule has 6 heteroatoms. The van der Waals surface area contributed by atoms with Gasteiger partial charge in [-0.25, -0.2) is 4.98 Å². The third kappa shape index (κ3) is 4.47. The van der Waals surface area contributed by atoms with Crippen molar-refractivity contribution in [2.75, 3.05) is 12.8 Å². The highest BCUT2D eigenvalue weighted by atomic mass is 16.5. The largest absolute Gasteiger partial charge is 0.497 e. The molecule has 0 saturated heterocycles. The predicted octanol–water partition coefficient (Wildman–Crippen LogP) is 3.41. The lowest BCUT2D eigenvalue weighted by atomic mass is 10.1. The maximum absolute atomic E-state index is 12.4. The summed E-state index contributed by atoms with van der Waals surface area (Å²) in [7, 11) is 1.63. The number of aromatic nitrogens is 2. The quantitative estimate of drug-likeness (QED) is 0.630. The molecule has 1 aromatic heterocycles. The summed E-state index contributed by atoms with van der Waals surface area (Å²) >= 11 is 0. The first-order chi connectivity index (χ1) is 13.1. The zero-order valence-corrected chi connectivity index (χ0v) is 15.6. The number of hydrogen-bond donors (Lipinski definition) is 2. The van der Waals surface area contributed by atoms with Crippen LogP contribution in [0, 0.1) is 0 Å². The van der Waals surface area contributed by atoms with Gasteiger partial charge in [-0.15, -0.1) is 0 Å². The van der Waals surface area contributed by atoms with Crippen LogP contribution in [0.25, 0.3) is 11.4 Å². The highest BCUT2D eigenvalue weighted by Gasteiger charge is 2.16. The van der Waals surface area contributed by atoms with Crippen LogP contribution < -0.4 is 15.8 Å². The number of nitrogens with zero attached hydrogens (tertiary/aromatic N) is 2. The van der Waals surface area contributed by atoms with E-state index in [0.29, 0.717) is 18.7 Å². The number of carbonyl (C=O) groups is 1. The van der Waals surface area contributed by atoms with Gasteiger partial charge in [0.25, 0.3) is 0 Å². The Kier molecular flexibility index (Phi) is 5.76. The molecular weight excluding hydrogens is 340 g/mol. The van der Waals surface area contributed by atoms with Gasteiger partial charge in [0.05, 0.1) is 7.11 Å². The molecule has 6 nitrogen and oxygen atoms in total. The Hall–Kier alpha value is -3.28. The van der Waals surface area contributed by atoms with Gasteiger partial charge >= 0.3 is 0 Å². The molecule has 140 valence electrons. The third-order valence-electron chi connectivity index (χ3n) is 4.47. The van der Waals surface area contributed by atoms with E-state index < -0.39 is 0 Å². The molecule has 3 rings (SSSR count). The first-order valence-corrected chi connectivity index (χ1v) is 8.86. The molecular formula is C21H24N4O2. The molecule has 0 fully saturated rings. The third-order valence-corrected chi connectivity index (χ3v) is 4.47.